The second-order valence-corrected chi connectivity index (χ2v) is 14.4. The number of nitrogens with one attached hydrogen (secondary N) is 2. The molecule has 0 aliphatic carbocycles. The van der Waals surface area contributed by atoms with Crippen molar-refractivity contribution in [2.45, 2.75) is 64.3 Å². The molecule has 0 saturated carbocycles. The third kappa shape index (κ3) is 17.9. The highest BCUT2D eigenvalue weighted by Gasteiger charge is 2.31. The second-order valence-electron chi connectivity index (χ2n) is 14.4. The number of hydrogen-bond donors (Lipinski definition) is 2. The molecule has 0 aliphatic rings. The lowest BCUT2D eigenvalue weighted by molar-refractivity contribution is -0.275. The number of unbranched alkanes of at least 4 members (excludes halogenated alkanes) is 4. The summed E-state index contributed by atoms with van der Waals surface area (Å²) >= 11 is 0. The van der Waals surface area contributed by atoms with Crippen LogP contribution in [0.4, 0.5) is 26.3 Å². The molecule has 10 heteroatoms. The Balaban J connectivity index is 0.000000234. The van der Waals surface area contributed by atoms with Gasteiger partial charge in [0.25, 0.3) is 0 Å². The van der Waals surface area contributed by atoms with E-state index < -0.39 is 12.7 Å². The molecular formula is C52H52F6N2O2. The summed E-state index contributed by atoms with van der Waals surface area (Å²) in [6.07, 6.45) is 1.25. The smallest absolute Gasteiger partial charge is 0.406 e. The molecule has 0 radical (unpaired) electrons. The molecule has 0 aromatic heterocycles. The molecule has 62 heavy (non-hydrogen) atoms. The van der Waals surface area contributed by atoms with Crippen LogP contribution in [0.2, 0.25) is 0 Å². The van der Waals surface area contributed by atoms with Crippen LogP contribution in [0.15, 0.2) is 182 Å². The number of halogens is 6. The minimum Gasteiger partial charge on any atom is -0.406 e. The van der Waals surface area contributed by atoms with Crippen LogP contribution in [0, 0.1) is 0 Å². The van der Waals surface area contributed by atoms with Gasteiger partial charge in [-0.1, -0.05) is 158 Å². The second kappa shape index (κ2) is 25.0. The molecule has 0 unspecified atom stereocenters. The Morgan fingerprint density at radius 1 is 0.403 bits per heavy atom. The van der Waals surface area contributed by atoms with Crippen LogP contribution in [0.1, 0.15) is 71.9 Å². The van der Waals surface area contributed by atoms with Crippen molar-refractivity contribution in [3.05, 3.63) is 215 Å². The monoisotopic (exact) mass is 850 g/mol. The Hall–Kier alpha value is -6.10. The maximum Gasteiger partial charge on any atom is 0.573 e. The summed E-state index contributed by atoms with van der Waals surface area (Å²) in [7, 11) is 0. The predicted octanol–water partition coefficient (Wildman–Crippen LogP) is 14.0. The third-order valence-corrected chi connectivity index (χ3v) is 9.60. The summed E-state index contributed by atoms with van der Waals surface area (Å²) in [4.78, 5) is 0. The summed E-state index contributed by atoms with van der Waals surface area (Å²) in [6.45, 7) is 2.76. The molecule has 0 amide bonds. The lowest BCUT2D eigenvalue weighted by Crippen LogP contribution is -2.18. The first-order valence-electron chi connectivity index (χ1n) is 20.8. The molecule has 4 nitrogen and oxygen atoms in total. The molecule has 0 bridgehead atoms. The quantitative estimate of drug-likeness (QED) is 0.0593. The van der Waals surface area contributed by atoms with Crippen LogP contribution < -0.4 is 20.1 Å². The first-order valence-corrected chi connectivity index (χ1v) is 20.8. The van der Waals surface area contributed by atoms with Gasteiger partial charge < -0.3 is 20.1 Å². The lowest BCUT2D eigenvalue weighted by atomic mass is 9.96. The number of hydrogen-bond acceptors (Lipinski definition) is 4. The minimum atomic E-state index is -4.67. The minimum absolute atomic E-state index is 0.189. The Labute approximate surface area is 361 Å². The van der Waals surface area contributed by atoms with E-state index in [4.69, 9.17) is 0 Å². The van der Waals surface area contributed by atoms with E-state index in [1.807, 2.05) is 48.5 Å². The fraction of sp³-hybridized carbons (Fsp3) is 0.231. The van der Waals surface area contributed by atoms with E-state index in [9.17, 15) is 26.3 Å². The zero-order chi connectivity index (χ0) is 43.9. The number of alkyl halides is 6. The van der Waals surface area contributed by atoms with Crippen LogP contribution >= 0.6 is 0 Å². The molecule has 0 aliphatic heterocycles. The van der Waals surface area contributed by atoms with Gasteiger partial charge in [0.05, 0.1) is 0 Å². The standard InChI is InChI=1S/2C26H26F3NO/c27-26(28,29)31-24-16-10-11-21(19-24)20-30-18-9-3-8-17-25(22-12-4-1-5-13-22)23-14-6-2-7-15-23;27-26(28,29)31-24-17-15-21(16-18-24)20-30-19-9-3-8-14-25(22-10-4-1-5-11-22)23-12-6-2-7-13-23/h1-2,4-7,10-17,19,30H,3,8-9,18,20H2;1-2,4-7,10-18,30H,3,8-9,19-20H2. The van der Waals surface area contributed by atoms with E-state index in [-0.39, 0.29) is 11.5 Å². The maximum atomic E-state index is 12.3. The van der Waals surface area contributed by atoms with E-state index >= 15 is 0 Å². The zero-order valence-electron chi connectivity index (χ0n) is 34.5. The molecular weight excluding hydrogens is 799 g/mol. The molecule has 0 saturated heterocycles. The Bertz CT molecular complexity index is 2130. The van der Waals surface area contributed by atoms with E-state index in [1.54, 1.807) is 24.3 Å². The van der Waals surface area contributed by atoms with Crippen LogP contribution in [0.25, 0.3) is 11.1 Å². The van der Waals surface area contributed by atoms with Crippen molar-refractivity contribution in [1.82, 2.24) is 10.6 Å². The highest BCUT2D eigenvalue weighted by atomic mass is 19.4. The van der Waals surface area contributed by atoms with Gasteiger partial charge in [-0.25, -0.2) is 0 Å². The summed E-state index contributed by atoms with van der Waals surface area (Å²) in [5.74, 6) is -0.387. The highest BCUT2D eigenvalue weighted by molar-refractivity contribution is 5.80. The predicted molar refractivity (Wildman–Crippen MR) is 237 cm³/mol. The highest BCUT2D eigenvalue weighted by Crippen LogP contribution is 2.27. The Kier molecular flexibility index (Phi) is 18.9. The number of ether oxygens (including phenoxy) is 2. The van der Waals surface area contributed by atoms with Crippen LogP contribution in [-0.2, 0) is 13.1 Å². The summed E-state index contributed by atoms with van der Waals surface area (Å²) in [5.41, 5.74) is 8.99. The van der Waals surface area contributed by atoms with Gasteiger partial charge in [-0.15, -0.1) is 26.3 Å². The van der Waals surface area contributed by atoms with Gasteiger partial charge in [-0.05, 0) is 120 Å². The van der Waals surface area contributed by atoms with E-state index in [0.717, 1.165) is 62.7 Å². The van der Waals surface area contributed by atoms with Crippen LogP contribution in [0.3, 0.4) is 0 Å². The van der Waals surface area contributed by atoms with Gasteiger partial charge >= 0.3 is 12.7 Å². The normalized spacial score (nSPS) is 11.2. The van der Waals surface area contributed by atoms with Crippen molar-refractivity contribution in [3.63, 3.8) is 0 Å². The van der Waals surface area contributed by atoms with Crippen LogP contribution in [-0.4, -0.2) is 25.8 Å². The molecule has 324 valence electrons. The van der Waals surface area contributed by atoms with Gasteiger partial charge in [-0.3, -0.25) is 0 Å². The molecule has 0 heterocycles. The molecule has 0 spiro atoms. The zero-order valence-corrected chi connectivity index (χ0v) is 34.5. The maximum absolute atomic E-state index is 12.3. The number of allylic oxidation sites excluding steroid dienone is 2. The van der Waals surface area contributed by atoms with Crippen molar-refractivity contribution in [2.75, 3.05) is 13.1 Å². The van der Waals surface area contributed by atoms with Crippen molar-refractivity contribution < 1.29 is 35.8 Å². The third-order valence-electron chi connectivity index (χ3n) is 9.60. The number of rotatable bonds is 20. The molecule has 0 atom stereocenters. The first-order chi connectivity index (χ1) is 30.0. The van der Waals surface area contributed by atoms with Gasteiger partial charge in [0.1, 0.15) is 11.5 Å². The summed E-state index contributed by atoms with van der Waals surface area (Å²) in [5, 5.41) is 6.62. The Morgan fingerprint density at radius 3 is 1.19 bits per heavy atom. The summed E-state index contributed by atoms with van der Waals surface area (Å²) in [6, 6.07) is 53.5. The van der Waals surface area contributed by atoms with Gasteiger partial charge in [0, 0.05) is 13.1 Å². The SMILES string of the molecule is FC(F)(F)Oc1ccc(CNCCCCC=C(c2ccccc2)c2ccccc2)cc1.FC(F)(F)Oc1cccc(CNCCCCC=C(c2ccccc2)c2ccccc2)c1. The molecule has 6 aromatic rings. The lowest BCUT2D eigenvalue weighted by Gasteiger charge is -2.11. The fourth-order valence-corrected chi connectivity index (χ4v) is 6.68. The molecule has 2 N–H and O–H groups in total. The topological polar surface area (TPSA) is 42.5 Å². The largest absolute Gasteiger partial charge is 0.573 e. The van der Waals surface area contributed by atoms with E-state index in [0.29, 0.717) is 13.1 Å². The van der Waals surface area contributed by atoms with Gasteiger partial charge in [0.15, 0.2) is 0 Å². The van der Waals surface area contributed by atoms with Crippen LogP contribution in [0.5, 0.6) is 11.5 Å². The Morgan fingerprint density at radius 2 is 0.790 bits per heavy atom. The van der Waals surface area contributed by atoms with Gasteiger partial charge in [0.2, 0.25) is 0 Å². The van der Waals surface area contributed by atoms with Crippen molar-refractivity contribution in [3.8, 4) is 11.5 Å². The van der Waals surface area contributed by atoms with Gasteiger partial charge in [-0.2, -0.15) is 0 Å². The van der Waals surface area contributed by atoms with E-state index in [2.05, 4.69) is 105 Å². The van der Waals surface area contributed by atoms with Crippen molar-refractivity contribution in [2.24, 2.45) is 0 Å². The van der Waals surface area contributed by atoms with Crippen molar-refractivity contribution in [1.29, 1.82) is 0 Å². The average molecular weight is 851 g/mol. The molecule has 0 fully saturated rings. The molecule has 6 rings (SSSR count). The average Bonchev–Trinajstić information content (AvgIpc) is 3.27. The fourth-order valence-electron chi connectivity index (χ4n) is 6.68. The molecule has 6 aromatic carbocycles. The van der Waals surface area contributed by atoms with Crippen molar-refractivity contribution >= 4 is 11.1 Å². The first kappa shape index (κ1) is 47.0. The number of benzene rings is 6. The summed E-state index contributed by atoms with van der Waals surface area (Å²) < 4.78 is 81.4. The van der Waals surface area contributed by atoms with E-state index in [1.165, 1.54) is 57.7 Å².